The van der Waals surface area contributed by atoms with E-state index in [-0.39, 0.29) is 6.10 Å². The number of nitrogens with two attached hydrogens (primary N) is 1. The summed E-state index contributed by atoms with van der Waals surface area (Å²) in [6.45, 7) is 0.794. The Labute approximate surface area is 64.7 Å². The maximum atomic E-state index is 9.27. The second kappa shape index (κ2) is 2.23. The Bertz CT molecular complexity index is 269. The molecule has 0 fully saturated rings. The molecule has 0 radical (unpaired) electrons. The molecular formula is C7H11N3O. The predicted octanol–water partition coefficient (Wildman–Crippen LogP) is -0.228. The summed E-state index contributed by atoms with van der Waals surface area (Å²) in [4.78, 5) is 4.08. The van der Waals surface area contributed by atoms with Crippen LogP contribution in [0.4, 0.5) is 5.82 Å². The van der Waals surface area contributed by atoms with Gasteiger partial charge in [0.05, 0.1) is 12.3 Å². The predicted molar refractivity (Wildman–Crippen MR) is 41.0 cm³/mol. The molecule has 1 unspecified atom stereocenters. The fraction of sp³-hybridized carbons (Fsp3) is 0.571. The lowest BCUT2D eigenvalue weighted by atomic mass is 10.1. The quantitative estimate of drug-likeness (QED) is 0.541. The van der Waals surface area contributed by atoms with Gasteiger partial charge in [0.2, 0.25) is 0 Å². The van der Waals surface area contributed by atoms with Gasteiger partial charge in [-0.15, -0.1) is 0 Å². The van der Waals surface area contributed by atoms with Gasteiger partial charge in [-0.05, 0) is 6.42 Å². The molecule has 0 amide bonds. The van der Waals surface area contributed by atoms with Crippen molar-refractivity contribution in [3.8, 4) is 0 Å². The highest BCUT2D eigenvalue weighted by molar-refractivity contribution is 5.28. The molecule has 2 rings (SSSR count). The number of aromatic nitrogens is 2. The van der Waals surface area contributed by atoms with Crippen LogP contribution in [0, 0.1) is 0 Å². The molecule has 0 saturated carbocycles. The van der Waals surface area contributed by atoms with Crippen LogP contribution in [0.25, 0.3) is 0 Å². The van der Waals surface area contributed by atoms with Crippen LogP contribution in [-0.4, -0.2) is 20.8 Å². The molecule has 1 aliphatic heterocycles. The van der Waals surface area contributed by atoms with Crippen molar-refractivity contribution in [2.24, 2.45) is 0 Å². The fourth-order valence-corrected chi connectivity index (χ4v) is 1.44. The molecule has 0 bridgehead atoms. The van der Waals surface area contributed by atoms with Crippen molar-refractivity contribution < 1.29 is 5.11 Å². The fourth-order valence-electron chi connectivity index (χ4n) is 1.44. The molecule has 4 heteroatoms. The normalized spacial score (nSPS) is 23.2. The number of imidazole rings is 1. The van der Waals surface area contributed by atoms with Gasteiger partial charge in [-0.2, -0.15) is 0 Å². The number of rotatable bonds is 0. The van der Waals surface area contributed by atoms with Crippen LogP contribution in [0.3, 0.4) is 0 Å². The smallest absolute Gasteiger partial charge is 0.123 e. The highest BCUT2D eigenvalue weighted by Gasteiger charge is 2.18. The molecule has 0 spiro atoms. The van der Waals surface area contributed by atoms with Crippen molar-refractivity contribution in [1.82, 2.24) is 9.55 Å². The summed E-state index contributed by atoms with van der Waals surface area (Å²) in [6.07, 6.45) is 2.84. The second-order valence-corrected chi connectivity index (χ2v) is 2.90. The molecular weight excluding hydrogens is 142 g/mol. The summed E-state index contributed by atoms with van der Waals surface area (Å²) in [7, 11) is 0. The van der Waals surface area contributed by atoms with Crippen molar-refractivity contribution in [3.05, 3.63) is 12.0 Å². The monoisotopic (exact) mass is 153 g/mol. The van der Waals surface area contributed by atoms with Gasteiger partial charge in [0.25, 0.3) is 0 Å². The van der Waals surface area contributed by atoms with Crippen LogP contribution in [0.2, 0.25) is 0 Å². The number of hydrogen-bond acceptors (Lipinski definition) is 3. The van der Waals surface area contributed by atoms with Crippen molar-refractivity contribution in [2.75, 3.05) is 5.73 Å². The number of aliphatic hydroxyl groups excluding tert-OH is 1. The number of hydrogen-bond donors (Lipinski definition) is 2. The van der Waals surface area contributed by atoms with E-state index in [2.05, 4.69) is 4.98 Å². The Morgan fingerprint density at radius 1 is 1.73 bits per heavy atom. The Morgan fingerprint density at radius 3 is 3.36 bits per heavy atom. The molecule has 60 valence electrons. The van der Waals surface area contributed by atoms with Crippen LogP contribution in [0.5, 0.6) is 0 Å². The lowest BCUT2D eigenvalue weighted by molar-refractivity contribution is 0.142. The molecule has 4 nitrogen and oxygen atoms in total. The summed E-state index contributed by atoms with van der Waals surface area (Å²) in [5, 5.41) is 9.27. The SMILES string of the molecule is Nc1cnc2n1CCC(O)C2. The van der Waals surface area contributed by atoms with E-state index in [9.17, 15) is 5.11 Å². The summed E-state index contributed by atoms with van der Waals surface area (Å²) >= 11 is 0. The van der Waals surface area contributed by atoms with Gasteiger partial charge in [0.15, 0.2) is 0 Å². The van der Waals surface area contributed by atoms with Gasteiger partial charge in [-0.1, -0.05) is 0 Å². The van der Waals surface area contributed by atoms with Gasteiger partial charge in [-0.25, -0.2) is 4.98 Å². The molecule has 1 atom stereocenters. The second-order valence-electron chi connectivity index (χ2n) is 2.90. The third-order valence-corrected chi connectivity index (χ3v) is 2.07. The van der Waals surface area contributed by atoms with E-state index >= 15 is 0 Å². The molecule has 11 heavy (non-hydrogen) atoms. The largest absolute Gasteiger partial charge is 0.393 e. The number of fused-ring (bicyclic) bond motifs is 1. The minimum absolute atomic E-state index is 0.232. The number of aliphatic hydroxyl groups is 1. The van der Waals surface area contributed by atoms with E-state index in [1.54, 1.807) is 6.20 Å². The topological polar surface area (TPSA) is 64.1 Å². The molecule has 3 N–H and O–H groups in total. The first kappa shape index (κ1) is 6.67. The molecule has 1 aromatic rings. The minimum atomic E-state index is -0.232. The number of anilines is 1. The van der Waals surface area contributed by atoms with Crippen molar-refractivity contribution in [3.63, 3.8) is 0 Å². The Kier molecular flexibility index (Phi) is 1.35. The minimum Gasteiger partial charge on any atom is -0.393 e. The molecule has 1 aliphatic rings. The first-order valence-electron chi connectivity index (χ1n) is 3.75. The molecule has 2 heterocycles. The van der Waals surface area contributed by atoms with E-state index in [0.29, 0.717) is 12.2 Å². The first-order chi connectivity index (χ1) is 5.27. The molecule has 0 aromatic carbocycles. The Balaban J connectivity index is 2.36. The van der Waals surface area contributed by atoms with Gasteiger partial charge >= 0.3 is 0 Å². The van der Waals surface area contributed by atoms with Gasteiger partial charge < -0.3 is 15.4 Å². The van der Waals surface area contributed by atoms with Gasteiger partial charge in [0.1, 0.15) is 11.6 Å². The van der Waals surface area contributed by atoms with Crippen LogP contribution in [-0.2, 0) is 13.0 Å². The van der Waals surface area contributed by atoms with Gasteiger partial charge in [-0.3, -0.25) is 0 Å². The zero-order valence-corrected chi connectivity index (χ0v) is 6.20. The summed E-state index contributed by atoms with van der Waals surface area (Å²) in [5.41, 5.74) is 5.63. The van der Waals surface area contributed by atoms with Crippen LogP contribution >= 0.6 is 0 Å². The maximum Gasteiger partial charge on any atom is 0.123 e. The average molecular weight is 153 g/mol. The standard InChI is InChI=1S/C7H11N3O/c8-6-4-9-7-3-5(11)1-2-10(6)7/h4-5,11H,1-3,8H2. The lowest BCUT2D eigenvalue weighted by Gasteiger charge is -2.19. The third kappa shape index (κ3) is 0.991. The van der Waals surface area contributed by atoms with Crippen LogP contribution < -0.4 is 5.73 Å². The first-order valence-corrected chi connectivity index (χ1v) is 3.75. The number of nitrogens with zero attached hydrogens (tertiary/aromatic N) is 2. The summed E-state index contributed by atoms with van der Waals surface area (Å²) in [5.74, 6) is 1.60. The zero-order valence-electron chi connectivity index (χ0n) is 6.20. The van der Waals surface area contributed by atoms with Crippen molar-refractivity contribution in [2.45, 2.75) is 25.5 Å². The maximum absolute atomic E-state index is 9.27. The van der Waals surface area contributed by atoms with Crippen molar-refractivity contribution in [1.29, 1.82) is 0 Å². The van der Waals surface area contributed by atoms with Gasteiger partial charge in [0, 0.05) is 13.0 Å². The van der Waals surface area contributed by atoms with E-state index in [0.717, 1.165) is 18.8 Å². The highest BCUT2D eigenvalue weighted by Crippen LogP contribution is 2.17. The molecule has 0 saturated heterocycles. The zero-order chi connectivity index (χ0) is 7.84. The van der Waals surface area contributed by atoms with E-state index in [4.69, 9.17) is 5.73 Å². The Morgan fingerprint density at radius 2 is 2.55 bits per heavy atom. The van der Waals surface area contributed by atoms with Crippen LogP contribution in [0.15, 0.2) is 6.20 Å². The average Bonchev–Trinajstić information content (AvgIpc) is 2.32. The molecule has 1 aromatic heterocycles. The van der Waals surface area contributed by atoms with E-state index in [1.807, 2.05) is 4.57 Å². The third-order valence-electron chi connectivity index (χ3n) is 2.07. The molecule has 0 aliphatic carbocycles. The van der Waals surface area contributed by atoms with E-state index < -0.39 is 0 Å². The number of nitrogen functional groups attached to an aromatic ring is 1. The highest BCUT2D eigenvalue weighted by atomic mass is 16.3. The Hall–Kier alpha value is -1.03. The summed E-state index contributed by atoms with van der Waals surface area (Å²) in [6, 6.07) is 0. The van der Waals surface area contributed by atoms with Crippen LogP contribution in [0.1, 0.15) is 12.2 Å². The van der Waals surface area contributed by atoms with E-state index in [1.165, 1.54) is 0 Å². The lowest BCUT2D eigenvalue weighted by Crippen LogP contribution is -2.23. The van der Waals surface area contributed by atoms with Crippen molar-refractivity contribution >= 4 is 5.82 Å². The summed E-state index contributed by atoms with van der Waals surface area (Å²) < 4.78 is 1.95.